The quantitative estimate of drug-likeness (QED) is 0.359. The van der Waals surface area contributed by atoms with Crippen LogP contribution in [0.5, 0.6) is 0 Å². The average Bonchev–Trinajstić information content (AvgIpc) is 2.29. The van der Waals surface area contributed by atoms with Crippen LogP contribution < -0.4 is 5.32 Å². The normalized spacial score (nSPS) is 9.35. The first-order valence-corrected chi connectivity index (χ1v) is 5.07. The maximum absolute atomic E-state index is 11.5. The van der Waals surface area contributed by atoms with Gasteiger partial charge < -0.3 is 5.32 Å². The first-order valence-electron chi connectivity index (χ1n) is 5.07. The number of nitro benzene ring substituents is 1. The first kappa shape index (κ1) is 12.7. The number of carbonyl (C=O) groups is 1. The van der Waals surface area contributed by atoms with Crippen LogP contribution >= 0.6 is 0 Å². The van der Waals surface area contributed by atoms with E-state index in [9.17, 15) is 14.9 Å². The predicted octanol–water partition coefficient (Wildman–Crippen LogP) is 1.28. The largest absolute Gasteiger partial charge is 0.355 e. The molecule has 0 aromatic heterocycles. The van der Waals surface area contributed by atoms with Gasteiger partial charge in [0.05, 0.1) is 11.3 Å². The van der Waals surface area contributed by atoms with Crippen molar-refractivity contribution in [2.45, 2.75) is 12.8 Å². The Balaban J connectivity index is 2.65. The predicted molar refractivity (Wildman–Crippen MR) is 63.3 cm³/mol. The summed E-state index contributed by atoms with van der Waals surface area (Å²) in [7, 11) is 0. The Morgan fingerprint density at radius 3 is 2.82 bits per heavy atom. The molecule has 1 amide bonds. The fourth-order valence-electron chi connectivity index (χ4n) is 1.35. The highest BCUT2D eigenvalue weighted by molar-refractivity contribution is 5.79. The molecule has 0 aliphatic carbocycles. The van der Waals surface area contributed by atoms with Crippen molar-refractivity contribution in [3.63, 3.8) is 0 Å². The van der Waals surface area contributed by atoms with Crippen molar-refractivity contribution in [3.8, 4) is 12.3 Å². The molecule has 0 heterocycles. The van der Waals surface area contributed by atoms with Gasteiger partial charge in [-0.25, -0.2) is 0 Å². The highest BCUT2D eigenvalue weighted by Crippen LogP contribution is 2.17. The van der Waals surface area contributed by atoms with Crippen LogP contribution in [0.15, 0.2) is 24.3 Å². The Labute approximate surface area is 99.0 Å². The number of hydrogen-bond acceptors (Lipinski definition) is 3. The van der Waals surface area contributed by atoms with Crippen LogP contribution in [0.1, 0.15) is 12.0 Å². The third kappa shape index (κ3) is 3.95. The number of rotatable bonds is 5. The minimum Gasteiger partial charge on any atom is -0.355 e. The van der Waals surface area contributed by atoms with Gasteiger partial charge in [-0.3, -0.25) is 14.9 Å². The van der Waals surface area contributed by atoms with Crippen molar-refractivity contribution >= 4 is 11.6 Å². The van der Waals surface area contributed by atoms with Crippen LogP contribution in [0.2, 0.25) is 0 Å². The number of benzene rings is 1. The van der Waals surface area contributed by atoms with Gasteiger partial charge in [-0.2, -0.15) is 0 Å². The fraction of sp³-hybridized carbons (Fsp3) is 0.250. The monoisotopic (exact) mass is 232 g/mol. The molecule has 5 nitrogen and oxygen atoms in total. The lowest BCUT2D eigenvalue weighted by molar-refractivity contribution is -0.385. The molecule has 5 heteroatoms. The molecule has 0 spiro atoms. The lowest BCUT2D eigenvalue weighted by atomic mass is 10.1. The van der Waals surface area contributed by atoms with Crippen molar-refractivity contribution in [1.82, 2.24) is 5.32 Å². The minimum atomic E-state index is -0.496. The molecule has 88 valence electrons. The molecule has 1 rings (SSSR count). The fourth-order valence-corrected chi connectivity index (χ4v) is 1.35. The highest BCUT2D eigenvalue weighted by atomic mass is 16.6. The van der Waals surface area contributed by atoms with Crippen molar-refractivity contribution in [2.75, 3.05) is 6.54 Å². The van der Waals surface area contributed by atoms with Crippen LogP contribution in [0.4, 0.5) is 5.69 Å². The number of amides is 1. The molecule has 0 fully saturated rings. The summed E-state index contributed by atoms with van der Waals surface area (Å²) in [6.07, 6.45) is 5.48. The SMILES string of the molecule is C#CCCNC(=O)Cc1ccccc1[N+](=O)[O-]. The zero-order valence-corrected chi connectivity index (χ0v) is 9.18. The molecular weight excluding hydrogens is 220 g/mol. The van der Waals surface area contributed by atoms with Gasteiger partial charge in [0.15, 0.2) is 0 Å². The molecule has 0 radical (unpaired) electrons. The van der Waals surface area contributed by atoms with Gasteiger partial charge in [-0.15, -0.1) is 12.3 Å². The van der Waals surface area contributed by atoms with E-state index >= 15 is 0 Å². The van der Waals surface area contributed by atoms with Crippen molar-refractivity contribution in [3.05, 3.63) is 39.9 Å². The Morgan fingerprint density at radius 1 is 1.47 bits per heavy atom. The summed E-state index contributed by atoms with van der Waals surface area (Å²) < 4.78 is 0. The number of nitro groups is 1. The number of hydrogen-bond donors (Lipinski definition) is 1. The number of terminal acetylenes is 1. The van der Waals surface area contributed by atoms with Gasteiger partial charge in [0.1, 0.15) is 0 Å². The number of para-hydroxylation sites is 1. The maximum Gasteiger partial charge on any atom is 0.273 e. The zero-order valence-electron chi connectivity index (χ0n) is 9.18. The van der Waals surface area contributed by atoms with Crippen LogP contribution in [-0.2, 0) is 11.2 Å². The second-order valence-corrected chi connectivity index (χ2v) is 3.37. The van der Waals surface area contributed by atoms with E-state index in [1.807, 2.05) is 0 Å². The van der Waals surface area contributed by atoms with Crippen LogP contribution in [0.25, 0.3) is 0 Å². The van der Waals surface area contributed by atoms with Crippen LogP contribution in [0.3, 0.4) is 0 Å². The Kier molecular flexibility index (Phi) is 4.70. The second kappa shape index (κ2) is 6.28. The van der Waals surface area contributed by atoms with Gasteiger partial charge in [0.2, 0.25) is 5.91 Å². The van der Waals surface area contributed by atoms with Gasteiger partial charge in [-0.05, 0) is 0 Å². The van der Waals surface area contributed by atoms with Gasteiger partial charge >= 0.3 is 0 Å². The van der Waals surface area contributed by atoms with E-state index in [2.05, 4.69) is 11.2 Å². The Morgan fingerprint density at radius 2 is 2.18 bits per heavy atom. The molecule has 1 aromatic carbocycles. The smallest absolute Gasteiger partial charge is 0.273 e. The molecule has 0 aliphatic heterocycles. The van der Waals surface area contributed by atoms with E-state index in [0.717, 1.165) is 0 Å². The topological polar surface area (TPSA) is 72.2 Å². The minimum absolute atomic E-state index is 0.0122. The van der Waals surface area contributed by atoms with E-state index in [-0.39, 0.29) is 18.0 Å². The summed E-state index contributed by atoms with van der Waals surface area (Å²) in [5, 5.41) is 13.3. The molecular formula is C12H12N2O3. The lowest BCUT2D eigenvalue weighted by Gasteiger charge is -2.03. The summed E-state index contributed by atoms with van der Waals surface area (Å²) in [5.41, 5.74) is 0.357. The van der Waals surface area contributed by atoms with E-state index < -0.39 is 4.92 Å². The van der Waals surface area contributed by atoms with Gasteiger partial charge in [-0.1, -0.05) is 18.2 Å². The highest BCUT2D eigenvalue weighted by Gasteiger charge is 2.14. The van der Waals surface area contributed by atoms with E-state index in [4.69, 9.17) is 6.42 Å². The van der Waals surface area contributed by atoms with Gasteiger partial charge in [0, 0.05) is 24.6 Å². The summed E-state index contributed by atoms with van der Waals surface area (Å²) in [5.74, 6) is 2.12. The molecule has 1 aromatic rings. The van der Waals surface area contributed by atoms with Crippen molar-refractivity contribution in [1.29, 1.82) is 0 Å². The standard InChI is InChI=1S/C12H12N2O3/c1-2-3-8-13-12(15)9-10-6-4-5-7-11(10)14(16)17/h1,4-7H,3,8-9H2,(H,13,15). The molecule has 0 unspecified atom stereocenters. The summed E-state index contributed by atoms with van der Waals surface area (Å²) in [6, 6.07) is 6.18. The lowest BCUT2D eigenvalue weighted by Crippen LogP contribution is -2.26. The second-order valence-electron chi connectivity index (χ2n) is 3.37. The average molecular weight is 232 g/mol. The Hall–Kier alpha value is -2.35. The van der Waals surface area contributed by atoms with Crippen molar-refractivity contribution in [2.24, 2.45) is 0 Å². The molecule has 1 N–H and O–H groups in total. The zero-order chi connectivity index (χ0) is 12.7. The van der Waals surface area contributed by atoms with Crippen LogP contribution in [0, 0.1) is 22.5 Å². The summed E-state index contributed by atoms with van der Waals surface area (Å²) >= 11 is 0. The van der Waals surface area contributed by atoms with E-state index in [1.165, 1.54) is 6.07 Å². The van der Waals surface area contributed by atoms with E-state index in [1.54, 1.807) is 18.2 Å². The van der Waals surface area contributed by atoms with Crippen molar-refractivity contribution < 1.29 is 9.72 Å². The van der Waals surface area contributed by atoms with E-state index in [0.29, 0.717) is 18.5 Å². The molecule has 0 atom stereocenters. The van der Waals surface area contributed by atoms with Crippen LogP contribution in [-0.4, -0.2) is 17.4 Å². The summed E-state index contributed by atoms with van der Waals surface area (Å²) in [4.78, 5) is 21.7. The van der Waals surface area contributed by atoms with Gasteiger partial charge in [0.25, 0.3) is 5.69 Å². The number of carbonyl (C=O) groups excluding carboxylic acids is 1. The number of nitrogens with one attached hydrogen (secondary N) is 1. The Bertz CT molecular complexity index is 463. The molecule has 0 aliphatic rings. The molecule has 0 bridgehead atoms. The summed E-state index contributed by atoms with van der Waals surface area (Å²) in [6.45, 7) is 0.385. The maximum atomic E-state index is 11.5. The number of nitrogens with zero attached hydrogens (tertiary/aromatic N) is 1. The molecule has 0 saturated heterocycles. The third-order valence-electron chi connectivity index (χ3n) is 2.13. The molecule has 0 saturated carbocycles. The molecule has 17 heavy (non-hydrogen) atoms. The third-order valence-corrected chi connectivity index (χ3v) is 2.13. The first-order chi connectivity index (χ1) is 8.15.